The molecule has 1 aliphatic rings. The maximum absolute atomic E-state index is 12.6. The Hall–Kier alpha value is -2.93. The number of hydrogen-bond donors (Lipinski definition) is 1. The Morgan fingerprint density at radius 3 is 2.31 bits per heavy atom. The first kappa shape index (κ1) is 20.8. The number of aryl methyl sites for hydroxylation is 1. The highest BCUT2D eigenvalue weighted by Gasteiger charge is 2.21. The predicted octanol–water partition coefficient (Wildman–Crippen LogP) is 3.24. The summed E-state index contributed by atoms with van der Waals surface area (Å²) in [6.07, 6.45) is 0. The molecule has 1 saturated heterocycles. The minimum absolute atomic E-state index is 0.0944. The third-order valence-electron chi connectivity index (χ3n) is 4.99. The topological polar surface area (TPSA) is 63.3 Å². The molecule has 3 rings (SSSR count). The fourth-order valence-corrected chi connectivity index (χ4v) is 3.25. The van der Waals surface area contributed by atoms with Crippen molar-refractivity contribution in [3.8, 4) is 17.2 Å². The number of piperazine rings is 1. The van der Waals surface area contributed by atoms with Crippen molar-refractivity contribution < 1.29 is 19.0 Å². The van der Waals surface area contributed by atoms with Crippen LogP contribution < -0.4 is 19.5 Å². The largest absolute Gasteiger partial charge is 0.497 e. The number of nitrogens with zero attached hydrogens (tertiary/aromatic N) is 2. The number of urea groups is 1. The average molecular weight is 399 g/mol. The van der Waals surface area contributed by atoms with Crippen molar-refractivity contribution in [2.75, 3.05) is 58.9 Å². The number of carbonyl (C=O) groups excluding carboxylic acids is 1. The number of rotatable bonds is 7. The Labute approximate surface area is 172 Å². The van der Waals surface area contributed by atoms with E-state index in [0.29, 0.717) is 31.1 Å². The van der Waals surface area contributed by atoms with Crippen molar-refractivity contribution in [1.82, 2.24) is 9.80 Å². The molecule has 2 amide bonds. The van der Waals surface area contributed by atoms with Gasteiger partial charge in [0, 0.05) is 32.7 Å². The second kappa shape index (κ2) is 10.0. The molecule has 2 aromatic carbocycles. The molecular weight excluding hydrogens is 370 g/mol. The van der Waals surface area contributed by atoms with Crippen LogP contribution in [-0.4, -0.2) is 69.4 Å². The van der Waals surface area contributed by atoms with Crippen LogP contribution in [0.15, 0.2) is 42.5 Å². The van der Waals surface area contributed by atoms with E-state index in [9.17, 15) is 4.79 Å². The number of methoxy groups -OCH3 is 2. The molecule has 7 heteroatoms. The molecule has 29 heavy (non-hydrogen) atoms. The van der Waals surface area contributed by atoms with Crippen molar-refractivity contribution in [3.05, 3.63) is 48.0 Å². The summed E-state index contributed by atoms with van der Waals surface area (Å²) in [6, 6.07) is 13.2. The maximum Gasteiger partial charge on any atom is 0.322 e. The van der Waals surface area contributed by atoms with Gasteiger partial charge in [0.15, 0.2) is 0 Å². The number of hydrogen-bond acceptors (Lipinski definition) is 5. The van der Waals surface area contributed by atoms with Crippen molar-refractivity contribution >= 4 is 11.7 Å². The SMILES string of the molecule is COc1ccc(OCCN2CCN(C(=O)Nc3cc(C)ccc3OC)CC2)cc1. The van der Waals surface area contributed by atoms with Gasteiger partial charge >= 0.3 is 6.03 Å². The summed E-state index contributed by atoms with van der Waals surface area (Å²) in [7, 11) is 3.25. The molecule has 1 aliphatic heterocycles. The van der Waals surface area contributed by atoms with E-state index >= 15 is 0 Å². The molecule has 1 heterocycles. The van der Waals surface area contributed by atoms with Gasteiger partial charge < -0.3 is 24.4 Å². The molecule has 0 aliphatic carbocycles. The number of anilines is 1. The summed E-state index contributed by atoms with van der Waals surface area (Å²) in [6.45, 7) is 6.44. The molecule has 7 nitrogen and oxygen atoms in total. The third-order valence-corrected chi connectivity index (χ3v) is 4.99. The average Bonchev–Trinajstić information content (AvgIpc) is 2.75. The van der Waals surface area contributed by atoms with Gasteiger partial charge in [0.25, 0.3) is 0 Å². The zero-order valence-electron chi connectivity index (χ0n) is 17.3. The first-order valence-electron chi connectivity index (χ1n) is 9.79. The number of ether oxygens (including phenoxy) is 3. The van der Waals surface area contributed by atoms with E-state index < -0.39 is 0 Å². The molecule has 0 aromatic heterocycles. The lowest BCUT2D eigenvalue weighted by Gasteiger charge is -2.34. The fraction of sp³-hybridized carbons (Fsp3) is 0.409. The highest BCUT2D eigenvalue weighted by Crippen LogP contribution is 2.25. The molecule has 0 spiro atoms. The second-order valence-corrected chi connectivity index (χ2v) is 6.99. The van der Waals surface area contributed by atoms with Crippen molar-refractivity contribution in [2.45, 2.75) is 6.92 Å². The molecule has 156 valence electrons. The van der Waals surface area contributed by atoms with E-state index in [1.807, 2.05) is 54.3 Å². The lowest BCUT2D eigenvalue weighted by Crippen LogP contribution is -2.50. The van der Waals surface area contributed by atoms with Crippen LogP contribution >= 0.6 is 0 Å². The Morgan fingerprint density at radius 1 is 0.966 bits per heavy atom. The second-order valence-electron chi connectivity index (χ2n) is 6.99. The van der Waals surface area contributed by atoms with Crippen molar-refractivity contribution in [1.29, 1.82) is 0 Å². The summed E-state index contributed by atoms with van der Waals surface area (Å²) < 4.78 is 16.3. The van der Waals surface area contributed by atoms with Crippen LogP contribution in [0.25, 0.3) is 0 Å². The minimum Gasteiger partial charge on any atom is -0.497 e. The molecule has 0 saturated carbocycles. The maximum atomic E-state index is 12.6. The van der Waals surface area contributed by atoms with E-state index in [-0.39, 0.29) is 6.03 Å². The zero-order chi connectivity index (χ0) is 20.6. The number of benzene rings is 2. The Balaban J connectivity index is 1.41. The van der Waals surface area contributed by atoms with Crippen LogP contribution in [0.1, 0.15) is 5.56 Å². The van der Waals surface area contributed by atoms with E-state index in [2.05, 4.69) is 10.2 Å². The van der Waals surface area contributed by atoms with E-state index in [1.165, 1.54) is 0 Å². The van der Waals surface area contributed by atoms with Crippen LogP contribution in [0.3, 0.4) is 0 Å². The predicted molar refractivity (Wildman–Crippen MR) is 113 cm³/mol. The minimum atomic E-state index is -0.0944. The molecule has 0 bridgehead atoms. The first-order valence-corrected chi connectivity index (χ1v) is 9.79. The van der Waals surface area contributed by atoms with Crippen LogP contribution in [0.5, 0.6) is 17.2 Å². The Bertz CT molecular complexity index is 802. The molecule has 0 radical (unpaired) electrons. The first-order chi connectivity index (χ1) is 14.1. The van der Waals surface area contributed by atoms with E-state index in [1.54, 1.807) is 14.2 Å². The molecule has 0 unspecified atom stereocenters. The molecule has 0 atom stereocenters. The standard InChI is InChI=1S/C22H29N3O4/c1-17-4-9-21(28-3)20(16-17)23-22(26)25-12-10-24(11-13-25)14-15-29-19-7-5-18(27-2)6-8-19/h4-9,16H,10-15H2,1-3H3,(H,23,26). The van der Waals surface area contributed by atoms with E-state index in [0.717, 1.165) is 36.7 Å². The number of nitrogens with one attached hydrogen (secondary N) is 1. The van der Waals surface area contributed by atoms with Crippen molar-refractivity contribution in [3.63, 3.8) is 0 Å². The van der Waals surface area contributed by atoms with Crippen LogP contribution in [0.4, 0.5) is 10.5 Å². The molecule has 1 fully saturated rings. The Morgan fingerprint density at radius 2 is 1.66 bits per heavy atom. The molecule has 1 N–H and O–H groups in total. The monoisotopic (exact) mass is 399 g/mol. The van der Waals surface area contributed by atoms with Crippen molar-refractivity contribution in [2.24, 2.45) is 0 Å². The summed E-state index contributed by atoms with van der Waals surface area (Å²) in [5, 5.41) is 2.97. The van der Waals surface area contributed by atoms with Gasteiger partial charge in [-0.2, -0.15) is 0 Å². The van der Waals surface area contributed by atoms with Gasteiger partial charge in [-0.05, 0) is 48.9 Å². The van der Waals surface area contributed by atoms with Gasteiger partial charge in [0.05, 0.1) is 19.9 Å². The third kappa shape index (κ3) is 5.77. The normalized spacial score (nSPS) is 14.4. The molecular formula is C22H29N3O4. The molecule has 2 aromatic rings. The number of carbonyl (C=O) groups is 1. The van der Waals surface area contributed by atoms with Gasteiger partial charge in [-0.15, -0.1) is 0 Å². The van der Waals surface area contributed by atoms with Gasteiger partial charge in [-0.3, -0.25) is 4.90 Å². The quantitative estimate of drug-likeness (QED) is 0.774. The highest BCUT2D eigenvalue weighted by atomic mass is 16.5. The smallest absolute Gasteiger partial charge is 0.322 e. The lowest BCUT2D eigenvalue weighted by molar-refractivity contribution is 0.132. The van der Waals surface area contributed by atoms with E-state index in [4.69, 9.17) is 14.2 Å². The summed E-state index contributed by atoms with van der Waals surface area (Å²) in [4.78, 5) is 16.8. The Kier molecular flexibility index (Phi) is 7.19. The highest BCUT2D eigenvalue weighted by molar-refractivity contribution is 5.91. The van der Waals surface area contributed by atoms with Gasteiger partial charge in [-0.1, -0.05) is 6.07 Å². The summed E-state index contributed by atoms with van der Waals surface area (Å²) in [5.41, 5.74) is 1.77. The zero-order valence-corrected chi connectivity index (χ0v) is 17.3. The van der Waals surface area contributed by atoms with Crippen LogP contribution in [0.2, 0.25) is 0 Å². The van der Waals surface area contributed by atoms with Gasteiger partial charge in [-0.25, -0.2) is 4.79 Å². The summed E-state index contributed by atoms with van der Waals surface area (Å²) >= 11 is 0. The lowest BCUT2D eigenvalue weighted by atomic mass is 10.2. The summed E-state index contributed by atoms with van der Waals surface area (Å²) in [5.74, 6) is 2.31. The van der Waals surface area contributed by atoms with Gasteiger partial charge in [0.2, 0.25) is 0 Å². The fourth-order valence-electron chi connectivity index (χ4n) is 3.25. The number of amides is 2. The van der Waals surface area contributed by atoms with Crippen LogP contribution in [0, 0.1) is 6.92 Å². The van der Waals surface area contributed by atoms with Crippen LogP contribution in [-0.2, 0) is 0 Å². The van der Waals surface area contributed by atoms with Gasteiger partial charge in [0.1, 0.15) is 23.9 Å².